The molecule has 1 amide bonds. The summed E-state index contributed by atoms with van der Waals surface area (Å²) in [5, 5.41) is 5.03. The zero-order valence-corrected chi connectivity index (χ0v) is 17.6. The fourth-order valence-corrected chi connectivity index (χ4v) is 3.78. The summed E-state index contributed by atoms with van der Waals surface area (Å²) < 4.78 is 0. The van der Waals surface area contributed by atoms with Crippen molar-refractivity contribution in [2.24, 2.45) is 0 Å². The van der Waals surface area contributed by atoms with Crippen LogP contribution in [0.2, 0.25) is 10.0 Å². The lowest BCUT2D eigenvalue weighted by molar-refractivity contribution is 0.0939. The number of carbonyl (C=O) groups is 1. The molecule has 0 radical (unpaired) electrons. The molecule has 1 unspecified atom stereocenters. The summed E-state index contributed by atoms with van der Waals surface area (Å²) in [6, 6.07) is 14.9. The number of hydrogen-bond acceptors (Lipinski definition) is 2. The number of aromatic nitrogens is 1. The van der Waals surface area contributed by atoms with Crippen LogP contribution in [0.15, 0.2) is 48.5 Å². The van der Waals surface area contributed by atoms with E-state index in [1.807, 2.05) is 43.3 Å². The lowest BCUT2D eigenvalue weighted by Crippen LogP contribution is -2.32. The van der Waals surface area contributed by atoms with E-state index in [1.54, 1.807) is 12.1 Å². The van der Waals surface area contributed by atoms with Crippen molar-refractivity contribution in [1.82, 2.24) is 10.3 Å². The third-order valence-electron chi connectivity index (χ3n) is 4.79. The van der Waals surface area contributed by atoms with Crippen LogP contribution in [0.1, 0.15) is 49.9 Å². The maximum absolute atomic E-state index is 13.0. The highest BCUT2D eigenvalue weighted by atomic mass is 35.5. The lowest BCUT2D eigenvalue weighted by atomic mass is 10.0. The van der Waals surface area contributed by atoms with Crippen LogP contribution in [0, 0.1) is 0 Å². The number of para-hydroxylation sites is 1. The Morgan fingerprint density at radius 2 is 1.89 bits per heavy atom. The number of nitrogens with zero attached hydrogens (tertiary/aromatic N) is 1. The van der Waals surface area contributed by atoms with Gasteiger partial charge in [0.05, 0.1) is 21.8 Å². The molecule has 0 spiro atoms. The highest BCUT2D eigenvalue weighted by Gasteiger charge is 2.17. The smallest absolute Gasteiger partial charge is 0.252 e. The summed E-state index contributed by atoms with van der Waals surface area (Å²) >= 11 is 12.4. The van der Waals surface area contributed by atoms with E-state index in [0.29, 0.717) is 21.3 Å². The number of hydrogen-bond donors (Lipinski definition) is 1. The molecule has 0 aliphatic carbocycles. The molecule has 0 aliphatic heterocycles. The second-order valence-corrected chi connectivity index (χ2v) is 7.91. The molecule has 146 valence electrons. The standard InChI is InChI=1S/C23H24Cl2N2O/c1-3-4-5-8-15(2)26-23(28)19-14-22(18-12-11-16(24)13-20(18)25)27-21-10-7-6-9-17(19)21/h6-7,9-15H,3-5,8H2,1-2H3,(H,26,28). The van der Waals surface area contributed by atoms with Crippen molar-refractivity contribution in [1.29, 1.82) is 0 Å². The predicted molar refractivity (Wildman–Crippen MR) is 118 cm³/mol. The van der Waals surface area contributed by atoms with Crippen molar-refractivity contribution in [3.63, 3.8) is 0 Å². The second-order valence-electron chi connectivity index (χ2n) is 7.07. The number of amides is 1. The van der Waals surface area contributed by atoms with Crippen LogP contribution in [-0.4, -0.2) is 16.9 Å². The van der Waals surface area contributed by atoms with E-state index in [-0.39, 0.29) is 11.9 Å². The normalized spacial score (nSPS) is 12.1. The summed E-state index contributed by atoms with van der Waals surface area (Å²) in [6.07, 6.45) is 4.43. The maximum atomic E-state index is 13.0. The molecule has 1 atom stereocenters. The third-order valence-corrected chi connectivity index (χ3v) is 5.33. The highest BCUT2D eigenvalue weighted by molar-refractivity contribution is 6.36. The first-order valence-electron chi connectivity index (χ1n) is 9.65. The molecular formula is C23H24Cl2N2O. The summed E-state index contributed by atoms with van der Waals surface area (Å²) in [5.74, 6) is -0.0889. The van der Waals surface area contributed by atoms with Crippen LogP contribution in [0.4, 0.5) is 0 Å². The predicted octanol–water partition coefficient (Wildman–Crippen LogP) is 6.91. The minimum absolute atomic E-state index is 0.0889. The number of halogens is 2. The third kappa shape index (κ3) is 4.84. The Labute approximate surface area is 176 Å². The molecule has 2 aromatic carbocycles. The Bertz CT molecular complexity index is 987. The van der Waals surface area contributed by atoms with Gasteiger partial charge in [-0.3, -0.25) is 4.79 Å². The van der Waals surface area contributed by atoms with Gasteiger partial charge in [0.25, 0.3) is 5.91 Å². The molecule has 0 saturated heterocycles. The number of benzene rings is 2. The van der Waals surface area contributed by atoms with Gasteiger partial charge in [0.2, 0.25) is 0 Å². The van der Waals surface area contributed by atoms with E-state index in [9.17, 15) is 4.79 Å². The average Bonchev–Trinajstić information content (AvgIpc) is 2.67. The maximum Gasteiger partial charge on any atom is 0.252 e. The monoisotopic (exact) mass is 414 g/mol. The molecule has 1 aromatic heterocycles. The minimum atomic E-state index is -0.0889. The summed E-state index contributed by atoms with van der Waals surface area (Å²) in [5.41, 5.74) is 2.77. The first-order valence-corrected chi connectivity index (χ1v) is 10.4. The van der Waals surface area contributed by atoms with E-state index >= 15 is 0 Å². The van der Waals surface area contributed by atoms with Gasteiger partial charge in [-0.15, -0.1) is 0 Å². The molecule has 0 fully saturated rings. The van der Waals surface area contributed by atoms with Gasteiger partial charge in [-0.2, -0.15) is 0 Å². The van der Waals surface area contributed by atoms with E-state index in [2.05, 4.69) is 12.2 Å². The number of pyridine rings is 1. The van der Waals surface area contributed by atoms with Gasteiger partial charge in [-0.1, -0.05) is 67.6 Å². The lowest BCUT2D eigenvalue weighted by Gasteiger charge is -2.16. The van der Waals surface area contributed by atoms with Crippen LogP contribution < -0.4 is 5.32 Å². The second kappa shape index (κ2) is 9.40. The zero-order valence-electron chi connectivity index (χ0n) is 16.1. The molecule has 1 heterocycles. The number of fused-ring (bicyclic) bond motifs is 1. The van der Waals surface area contributed by atoms with Gasteiger partial charge in [0.1, 0.15) is 0 Å². The van der Waals surface area contributed by atoms with Crippen molar-refractivity contribution < 1.29 is 4.79 Å². The first-order chi connectivity index (χ1) is 13.5. The molecule has 3 aromatic rings. The Hall–Kier alpha value is -2.10. The van der Waals surface area contributed by atoms with Crippen LogP contribution in [0.5, 0.6) is 0 Å². The number of carbonyl (C=O) groups excluding carboxylic acids is 1. The van der Waals surface area contributed by atoms with Crippen LogP contribution in [0.3, 0.4) is 0 Å². The van der Waals surface area contributed by atoms with Gasteiger partial charge in [0.15, 0.2) is 0 Å². The van der Waals surface area contributed by atoms with Gasteiger partial charge < -0.3 is 5.32 Å². The molecule has 1 N–H and O–H groups in total. The Morgan fingerprint density at radius 3 is 2.64 bits per heavy atom. The number of rotatable bonds is 7. The van der Waals surface area contributed by atoms with Crippen LogP contribution in [0.25, 0.3) is 22.2 Å². The molecule has 28 heavy (non-hydrogen) atoms. The van der Waals surface area contributed by atoms with Gasteiger partial charge >= 0.3 is 0 Å². The van der Waals surface area contributed by atoms with Crippen molar-refractivity contribution in [2.75, 3.05) is 0 Å². The Morgan fingerprint density at radius 1 is 1.11 bits per heavy atom. The zero-order chi connectivity index (χ0) is 20.1. The van der Waals surface area contributed by atoms with Crippen molar-refractivity contribution in [3.8, 4) is 11.3 Å². The largest absolute Gasteiger partial charge is 0.350 e. The van der Waals surface area contributed by atoms with Crippen LogP contribution in [-0.2, 0) is 0 Å². The van der Waals surface area contributed by atoms with Gasteiger partial charge in [0, 0.05) is 22.0 Å². The topological polar surface area (TPSA) is 42.0 Å². The molecule has 3 rings (SSSR count). The SMILES string of the molecule is CCCCCC(C)NC(=O)c1cc(-c2ccc(Cl)cc2Cl)nc2ccccc12. The Kier molecular flexibility index (Phi) is 6.93. The van der Waals surface area contributed by atoms with E-state index in [4.69, 9.17) is 28.2 Å². The highest BCUT2D eigenvalue weighted by Crippen LogP contribution is 2.31. The van der Waals surface area contributed by atoms with E-state index < -0.39 is 0 Å². The van der Waals surface area contributed by atoms with E-state index in [0.717, 1.165) is 29.3 Å². The average molecular weight is 415 g/mol. The van der Waals surface area contributed by atoms with Crippen molar-refractivity contribution in [3.05, 3.63) is 64.1 Å². The summed E-state index contributed by atoms with van der Waals surface area (Å²) in [7, 11) is 0. The molecule has 0 saturated carbocycles. The van der Waals surface area contributed by atoms with Crippen LogP contribution >= 0.6 is 23.2 Å². The molecule has 5 heteroatoms. The number of nitrogens with one attached hydrogen (secondary N) is 1. The van der Waals surface area contributed by atoms with Crippen molar-refractivity contribution in [2.45, 2.75) is 45.6 Å². The van der Waals surface area contributed by atoms with E-state index in [1.165, 1.54) is 12.8 Å². The summed E-state index contributed by atoms with van der Waals surface area (Å²) in [4.78, 5) is 17.7. The van der Waals surface area contributed by atoms with Crippen molar-refractivity contribution >= 4 is 40.0 Å². The van der Waals surface area contributed by atoms with Gasteiger partial charge in [-0.05, 0) is 43.7 Å². The molecular weight excluding hydrogens is 391 g/mol. The Balaban J connectivity index is 1.98. The quantitative estimate of drug-likeness (QED) is 0.426. The fraction of sp³-hybridized carbons (Fsp3) is 0.304. The first kappa shape index (κ1) is 20.6. The minimum Gasteiger partial charge on any atom is -0.350 e. The molecule has 3 nitrogen and oxygen atoms in total. The molecule has 0 aliphatic rings. The summed E-state index contributed by atoms with van der Waals surface area (Å²) in [6.45, 7) is 4.23. The fourth-order valence-electron chi connectivity index (χ4n) is 3.27. The molecule has 0 bridgehead atoms. The number of unbranched alkanes of at least 4 members (excludes halogenated alkanes) is 2. The van der Waals surface area contributed by atoms with Gasteiger partial charge in [-0.25, -0.2) is 4.98 Å².